The Morgan fingerprint density at radius 1 is 1.44 bits per heavy atom. The number of anilines is 1. The first kappa shape index (κ1) is 11.5. The number of nitrogens with zero attached hydrogens (tertiary/aromatic N) is 3. The zero-order valence-electron chi connectivity index (χ0n) is 10.2. The highest BCUT2D eigenvalue weighted by atomic mass is 35.5. The van der Waals surface area contributed by atoms with Crippen molar-refractivity contribution >= 4 is 17.5 Å². The van der Waals surface area contributed by atoms with Gasteiger partial charge in [0.05, 0.1) is 6.04 Å². The highest BCUT2D eigenvalue weighted by Gasteiger charge is 2.29. The van der Waals surface area contributed by atoms with Crippen LogP contribution in [0.2, 0.25) is 5.02 Å². The largest absolute Gasteiger partial charge is 0.366 e. The molecule has 4 nitrogen and oxygen atoms in total. The summed E-state index contributed by atoms with van der Waals surface area (Å²) in [5.74, 6) is 1.76. The molecule has 94 valence electrons. The van der Waals surface area contributed by atoms with Gasteiger partial charge in [-0.05, 0) is 31.0 Å². The Hall–Kier alpha value is -1.55. The van der Waals surface area contributed by atoms with Crippen molar-refractivity contribution in [3.63, 3.8) is 0 Å². The molecule has 3 rings (SSSR count). The number of hydrogen-bond acceptors (Lipinski definition) is 3. The number of rotatable bonds is 1. The van der Waals surface area contributed by atoms with Gasteiger partial charge < -0.3 is 5.73 Å². The third-order valence-corrected chi connectivity index (χ3v) is 3.88. The Morgan fingerprint density at radius 3 is 3.06 bits per heavy atom. The van der Waals surface area contributed by atoms with E-state index in [1.165, 1.54) is 5.56 Å². The van der Waals surface area contributed by atoms with Crippen molar-refractivity contribution in [2.75, 3.05) is 5.73 Å². The maximum absolute atomic E-state index is 6.06. The number of benzene rings is 1. The molecule has 5 heteroatoms. The van der Waals surface area contributed by atoms with Gasteiger partial charge in [-0.15, -0.1) is 5.10 Å². The topological polar surface area (TPSA) is 56.7 Å². The molecule has 1 aliphatic rings. The van der Waals surface area contributed by atoms with E-state index < -0.39 is 0 Å². The minimum atomic E-state index is 0.261. The summed E-state index contributed by atoms with van der Waals surface area (Å²) in [6, 6.07) is 8.32. The van der Waals surface area contributed by atoms with Gasteiger partial charge in [-0.3, -0.25) is 0 Å². The van der Waals surface area contributed by atoms with Crippen LogP contribution in [-0.2, 0) is 6.42 Å². The number of aryl methyl sites for hydroxylation is 1. The van der Waals surface area contributed by atoms with Crippen LogP contribution in [-0.4, -0.2) is 14.8 Å². The molecular weight excluding hydrogens is 248 g/mol. The van der Waals surface area contributed by atoms with E-state index in [9.17, 15) is 0 Å². The SMILES string of the molecule is CC1C(c2cccc(Cl)c2)CCc2nc(N)nn21. The van der Waals surface area contributed by atoms with E-state index in [-0.39, 0.29) is 6.04 Å². The summed E-state index contributed by atoms with van der Waals surface area (Å²) in [6.07, 6.45) is 1.96. The summed E-state index contributed by atoms with van der Waals surface area (Å²) in [7, 11) is 0. The Bertz CT molecular complexity index is 578. The molecule has 1 aliphatic heterocycles. The molecule has 0 bridgehead atoms. The van der Waals surface area contributed by atoms with E-state index >= 15 is 0 Å². The Balaban J connectivity index is 1.97. The number of hydrogen-bond donors (Lipinski definition) is 1. The van der Waals surface area contributed by atoms with Gasteiger partial charge >= 0.3 is 0 Å². The average Bonchev–Trinajstić information content (AvgIpc) is 2.71. The normalized spacial score (nSPS) is 22.8. The molecule has 0 amide bonds. The van der Waals surface area contributed by atoms with Crippen LogP contribution < -0.4 is 5.73 Å². The van der Waals surface area contributed by atoms with Gasteiger partial charge in [-0.1, -0.05) is 23.7 Å². The average molecular weight is 263 g/mol. The lowest BCUT2D eigenvalue weighted by Crippen LogP contribution is -2.24. The zero-order chi connectivity index (χ0) is 12.7. The molecule has 1 aromatic heterocycles. The number of nitrogen functional groups attached to an aromatic ring is 1. The Morgan fingerprint density at radius 2 is 2.28 bits per heavy atom. The number of nitrogens with two attached hydrogens (primary N) is 1. The van der Waals surface area contributed by atoms with Crippen LogP contribution in [0.25, 0.3) is 0 Å². The summed E-state index contributed by atoms with van der Waals surface area (Å²) >= 11 is 6.06. The first-order valence-corrected chi connectivity index (χ1v) is 6.49. The second-order valence-corrected chi connectivity index (χ2v) is 5.21. The van der Waals surface area contributed by atoms with Crippen LogP contribution in [0.15, 0.2) is 24.3 Å². The van der Waals surface area contributed by atoms with Crippen LogP contribution in [0.3, 0.4) is 0 Å². The lowest BCUT2D eigenvalue weighted by molar-refractivity contribution is 0.338. The minimum Gasteiger partial charge on any atom is -0.366 e. The minimum absolute atomic E-state index is 0.261. The standard InChI is InChI=1S/C13H15ClN4/c1-8-11(9-3-2-4-10(14)7-9)5-6-12-16-13(15)17-18(8)12/h2-4,7-8,11H,5-6H2,1H3,(H2,15,17). The lowest BCUT2D eigenvalue weighted by atomic mass is 9.86. The van der Waals surface area contributed by atoms with E-state index in [0.717, 1.165) is 23.7 Å². The fourth-order valence-corrected chi connectivity index (χ4v) is 2.95. The van der Waals surface area contributed by atoms with Crippen LogP contribution >= 0.6 is 11.6 Å². The maximum atomic E-state index is 6.06. The fourth-order valence-electron chi connectivity index (χ4n) is 2.75. The van der Waals surface area contributed by atoms with Gasteiger partial charge in [0.1, 0.15) is 5.82 Å². The molecule has 2 N–H and O–H groups in total. The van der Waals surface area contributed by atoms with Crippen LogP contribution in [0.4, 0.5) is 5.95 Å². The van der Waals surface area contributed by atoms with Crippen molar-refractivity contribution in [3.8, 4) is 0 Å². The van der Waals surface area contributed by atoms with Gasteiger partial charge in [-0.25, -0.2) is 4.68 Å². The van der Waals surface area contributed by atoms with Crippen molar-refractivity contribution in [1.82, 2.24) is 14.8 Å². The van der Waals surface area contributed by atoms with Gasteiger partial charge in [0.25, 0.3) is 0 Å². The highest BCUT2D eigenvalue weighted by Crippen LogP contribution is 2.37. The van der Waals surface area contributed by atoms with Crippen molar-refractivity contribution in [3.05, 3.63) is 40.7 Å². The number of fused-ring (bicyclic) bond motifs is 1. The molecular formula is C13H15ClN4. The van der Waals surface area contributed by atoms with E-state index in [2.05, 4.69) is 23.1 Å². The van der Waals surface area contributed by atoms with Crippen molar-refractivity contribution < 1.29 is 0 Å². The van der Waals surface area contributed by atoms with Gasteiger partial charge in [-0.2, -0.15) is 4.98 Å². The van der Waals surface area contributed by atoms with Crippen LogP contribution in [0.1, 0.15) is 36.7 Å². The smallest absolute Gasteiger partial charge is 0.239 e. The van der Waals surface area contributed by atoms with E-state index in [4.69, 9.17) is 17.3 Å². The van der Waals surface area contributed by atoms with Gasteiger partial charge in [0.2, 0.25) is 5.95 Å². The molecule has 0 radical (unpaired) electrons. The maximum Gasteiger partial charge on any atom is 0.239 e. The summed E-state index contributed by atoms with van der Waals surface area (Å²) < 4.78 is 1.95. The zero-order valence-corrected chi connectivity index (χ0v) is 10.9. The third kappa shape index (κ3) is 1.86. The second-order valence-electron chi connectivity index (χ2n) is 4.77. The molecule has 0 saturated heterocycles. The molecule has 18 heavy (non-hydrogen) atoms. The fraction of sp³-hybridized carbons (Fsp3) is 0.385. The summed E-state index contributed by atoms with van der Waals surface area (Å²) in [5.41, 5.74) is 6.92. The van der Waals surface area contributed by atoms with Crippen LogP contribution in [0.5, 0.6) is 0 Å². The molecule has 0 fully saturated rings. The first-order valence-electron chi connectivity index (χ1n) is 6.11. The Kier molecular flexibility index (Phi) is 2.74. The summed E-state index contributed by atoms with van der Waals surface area (Å²) in [5, 5.41) is 5.06. The molecule has 2 aromatic rings. The van der Waals surface area contributed by atoms with Crippen molar-refractivity contribution in [1.29, 1.82) is 0 Å². The predicted octanol–water partition coefficient (Wildman–Crippen LogP) is 2.80. The van der Waals surface area contributed by atoms with E-state index in [1.807, 2.05) is 22.9 Å². The predicted molar refractivity (Wildman–Crippen MR) is 71.7 cm³/mol. The second kappa shape index (κ2) is 4.28. The van der Waals surface area contributed by atoms with Gasteiger partial charge in [0, 0.05) is 17.4 Å². The number of aromatic nitrogens is 3. The monoisotopic (exact) mass is 262 g/mol. The third-order valence-electron chi connectivity index (χ3n) is 3.64. The Labute approximate surface area is 111 Å². The van der Waals surface area contributed by atoms with Crippen LogP contribution in [0, 0.1) is 0 Å². The molecule has 0 spiro atoms. The molecule has 0 aliphatic carbocycles. The van der Waals surface area contributed by atoms with E-state index in [1.54, 1.807) is 0 Å². The molecule has 1 aromatic carbocycles. The van der Waals surface area contributed by atoms with Crippen molar-refractivity contribution in [2.24, 2.45) is 0 Å². The quantitative estimate of drug-likeness (QED) is 0.860. The summed E-state index contributed by atoms with van der Waals surface area (Å²) in [4.78, 5) is 4.25. The molecule has 0 saturated carbocycles. The van der Waals surface area contributed by atoms with Gasteiger partial charge in [0.15, 0.2) is 0 Å². The highest BCUT2D eigenvalue weighted by molar-refractivity contribution is 6.30. The molecule has 2 heterocycles. The van der Waals surface area contributed by atoms with Crippen molar-refractivity contribution in [2.45, 2.75) is 31.7 Å². The molecule has 2 atom stereocenters. The lowest BCUT2D eigenvalue weighted by Gasteiger charge is -2.29. The first-order chi connectivity index (χ1) is 8.65. The summed E-state index contributed by atoms with van der Waals surface area (Å²) in [6.45, 7) is 2.16. The number of halogens is 1. The van der Waals surface area contributed by atoms with E-state index in [0.29, 0.717) is 11.9 Å². The molecule has 2 unspecified atom stereocenters.